The number of benzene rings is 1. The molecule has 0 saturated carbocycles. The van der Waals surface area contributed by atoms with Gasteiger partial charge in [-0.15, -0.1) is 11.3 Å². The van der Waals surface area contributed by atoms with Crippen LogP contribution in [0, 0.1) is 14.4 Å². The molecule has 2 aromatic rings. The van der Waals surface area contributed by atoms with Gasteiger partial charge in [0.15, 0.2) is 0 Å². The SMILES string of the molecule is CCCNC(=N)c1c(Nc2ccc(I)cc2Cl)sc2c1CC(C)(C)CNC2=O. The van der Waals surface area contributed by atoms with Gasteiger partial charge in [-0.25, -0.2) is 0 Å². The highest BCUT2D eigenvalue weighted by molar-refractivity contribution is 14.1. The number of carbonyl (C=O) groups excluding carboxylic acids is 1. The summed E-state index contributed by atoms with van der Waals surface area (Å²) in [7, 11) is 0. The van der Waals surface area contributed by atoms with Crippen LogP contribution in [-0.2, 0) is 6.42 Å². The molecule has 0 unspecified atom stereocenters. The summed E-state index contributed by atoms with van der Waals surface area (Å²) in [5.74, 6) is 0.269. The van der Waals surface area contributed by atoms with Gasteiger partial charge in [0.05, 0.1) is 21.2 Å². The number of halogens is 2. The van der Waals surface area contributed by atoms with Crippen molar-refractivity contribution in [2.45, 2.75) is 33.6 Å². The first-order valence-electron chi connectivity index (χ1n) is 9.20. The molecule has 0 atom stereocenters. The monoisotopic (exact) mass is 530 g/mol. The summed E-state index contributed by atoms with van der Waals surface area (Å²) in [5.41, 5.74) is 2.39. The zero-order valence-corrected chi connectivity index (χ0v) is 19.9. The minimum Gasteiger partial charge on any atom is -0.370 e. The van der Waals surface area contributed by atoms with Crippen molar-refractivity contribution < 1.29 is 4.79 Å². The molecule has 1 amide bonds. The lowest BCUT2D eigenvalue weighted by Crippen LogP contribution is -2.31. The standard InChI is InChI=1S/C20H24ClIN4OS/c1-4-7-24-17(23)15-12-9-20(2,3)10-25-18(27)16(12)28-19(15)26-14-6-5-11(22)8-13(14)21/h5-6,8,26H,4,7,9-10H2,1-3H3,(H2,23,24)(H,25,27). The Bertz CT molecular complexity index is 925. The number of thiophene rings is 1. The van der Waals surface area contributed by atoms with Crippen LogP contribution in [0.25, 0.3) is 0 Å². The highest BCUT2D eigenvalue weighted by Gasteiger charge is 2.33. The Balaban J connectivity index is 2.09. The highest BCUT2D eigenvalue weighted by Crippen LogP contribution is 2.41. The van der Waals surface area contributed by atoms with Crippen LogP contribution in [0.1, 0.15) is 48.0 Å². The van der Waals surface area contributed by atoms with Gasteiger partial charge in [0.1, 0.15) is 10.8 Å². The van der Waals surface area contributed by atoms with Crippen molar-refractivity contribution in [1.82, 2.24) is 10.6 Å². The summed E-state index contributed by atoms with van der Waals surface area (Å²) in [6.45, 7) is 7.67. The van der Waals surface area contributed by atoms with Gasteiger partial charge in [0.25, 0.3) is 5.91 Å². The number of nitrogens with one attached hydrogen (secondary N) is 4. The van der Waals surface area contributed by atoms with Gasteiger partial charge in [0.2, 0.25) is 0 Å². The maximum Gasteiger partial charge on any atom is 0.261 e. The predicted molar refractivity (Wildman–Crippen MR) is 127 cm³/mol. The zero-order valence-electron chi connectivity index (χ0n) is 16.1. The number of rotatable bonds is 5. The second-order valence-corrected chi connectivity index (χ2v) is 10.4. The first-order chi connectivity index (χ1) is 13.2. The minimum absolute atomic E-state index is 0.0723. The first-order valence-corrected chi connectivity index (χ1v) is 11.5. The third kappa shape index (κ3) is 4.63. The fraction of sp³-hybridized carbons (Fsp3) is 0.400. The molecule has 3 rings (SSSR count). The molecule has 0 aliphatic carbocycles. The summed E-state index contributed by atoms with van der Waals surface area (Å²) in [6, 6.07) is 5.79. The second-order valence-electron chi connectivity index (χ2n) is 7.69. The van der Waals surface area contributed by atoms with Gasteiger partial charge in [-0.2, -0.15) is 0 Å². The van der Waals surface area contributed by atoms with Gasteiger partial charge in [-0.05, 0) is 64.6 Å². The topological polar surface area (TPSA) is 77.0 Å². The maximum atomic E-state index is 12.7. The Labute approximate surface area is 188 Å². The quantitative estimate of drug-likeness (QED) is 0.238. The van der Waals surface area contributed by atoms with E-state index in [0.29, 0.717) is 28.8 Å². The molecule has 1 aliphatic rings. The molecular weight excluding hydrogens is 507 g/mol. The van der Waals surface area contributed by atoms with E-state index >= 15 is 0 Å². The van der Waals surface area contributed by atoms with E-state index in [1.54, 1.807) is 0 Å². The Morgan fingerprint density at radius 3 is 2.86 bits per heavy atom. The van der Waals surface area contributed by atoms with E-state index < -0.39 is 0 Å². The molecule has 28 heavy (non-hydrogen) atoms. The van der Waals surface area contributed by atoms with E-state index in [-0.39, 0.29) is 11.3 Å². The Hall–Kier alpha value is -1.32. The van der Waals surface area contributed by atoms with Crippen LogP contribution in [-0.4, -0.2) is 24.8 Å². The maximum absolute atomic E-state index is 12.7. The number of amidine groups is 1. The number of hydrogen-bond acceptors (Lipinski definition) is 4. The molecule has 0 fully saturated rings. The normalized spacial score (nSPS) is 15.4. The Kier molecular flexibility index (Phi) is 6.56. The fourth-order valence-corrected chi connectivity index (χ4v) is 5.22. The number of carbonyl (C=O) groups is 1. The molecule has 0 saturated heterocycles. The van der Waals surface area contributed by atoms with Crippen molar-refractivity contribution in [3.63, 3.8) is 0 Å². The summed E-state index contributed by atoms with van der Waals surface area (Å²) >= 11 is 10.0. The van der Waals surface area contributed by atoms with Crippen LogP contribution in [0.15, 0.2) is 18.2 Å². The minimum atomic E-state index is -0.0838. The molecule has 8 heteroatoms. The Morgan fingerprint density at radius 2 is 2.18 bits per heavy atom. The summed E-state index contributed by atoms with van der Waals surface area (Å²) in [6.07, 6.45) is 1.65. The predicted octanol–water partition coefficient (Wildman–Crippen LogP) is 5.39. The molecule has 1 aliphatic heterocycles. The van der Waals surface area contributed by atoms with Crippen LogP contribution in [0.2, 0.25) is 5.02 Å². The van der Waals surface area contributed by atoms with Crippen LogP contribution >= 0.6 is 45.5 Å². The van der Waals surface area contributed by atoms with Crippen molar-refractivity contribution in [3.05, 3.63) is 42.8 Å². The first kappa shape index (κ1) is 21.4. The van der Waals surface area contributed by atoms with Crippen molar-refractivity contribution in [3.8, 4) is 0 Å². The summed E-state index contributed by atoms with van der Waals surface area (Å²) in [4.78, 5) is 13.4. The third-order valence-corrected chi connectivity index (χ3v) is 6.71. The van der Waals surface area contributed by atoms with Crippen LogP contribution in [0.5, 0.6) is 0 Å². The third-order valence-electron chi connectivity index (χ3n) is 4.58. The molecule has 5 nitrogen and oxygen atoms in total. The molecule has 4 N–H and O–H groups in total. The van der Waals surface area contributed by atoms with Crippen LogP contribution in [0.3, 0.4) is 0 Å². The Morgan fingerprint density at radius 1 is 1.43 bits per heavy atom. The lowest BCUT2D eigenvalue weighted by Gasteiger charge is -2.23. The van der Waals surface area contributed by atoms with Gasteiger partial charge in [-0.1, -0.05) is 32.4 Å². The average molecular weight is 531 g/mol. The van der Waals surface area contributed by atoms with Gasteiger partial charge >= 0.3 is 0 Å². The van der Waals surface area contributed by atoms with Crippen LogP contribution < -0.4 is 16.0 Å². The van der Waals surface area contributed by atoms with Crippen molar-refractivity contribution in [2.24, 2.45) is 5.41 Å². The van der Waals surface area contributed by atoms with Crippen molar-refractivity contribution in [1.29, 1.82) is 5.41 Å². The summed E-state index contributed by atoms with van der Waals surface area (Å²) < 4.78 is 1.05. The summed E-state index contributed by atoms with van der Waals surface area (Å²) in [5, 5.41) is 19.6. The fourth-order valence-electron chi connectivity index (χ4n) is 3.16. The van der Waals surface area contributed by atoms with Gasteiger partial charge in [0, 0.05) is 16.7 Å². The molecular formula is C20H24ClIN4OS. The van der Waals surface area contributed by atoms with E-state index in [2.05, 4.69) is 59.3 Å². The van der Waals surface area contributed by atoms with Crippen LogP contribution in [0.4, 0.5) is 10.7 Å². The molecule has 0 radical (unpaired) electrons. The lowest BCUT2D eigenvalue weighted by atomic mass is 9.85. The van der Waals surface area contributed by atoms with Crippen molar-refractivity contribution in [2.75, 3.05) is 18.4 Å². The van der Waals surface area contributed by atoms with Gasteiger partial charge in [-0.3, -0.25) is 10.2 Å². The van der Waals surface area contributed by atoms with Gasteiger partial charge < -0.3 is 16.0 Å². The molecule has 1 aromatic heterocycles. The van der Waals surface area contributed by atoms with E-state index in [1.165, 1.54) is 11.3 Å². The van der Waals surface area contributed by atoms with Crippen molar-refractivity contribution >= 4 is 68.0 Å². The largest absolute Gasteiger partial charge is 0.370 e. The molecule has 0 bridgehead atoms. The van der Waals surface area contributed by atoms with E-state index in [1.807, 2.05) is 18.2 Å². The molecule has 2 heterocycles. The zero-order chi connectivity index (χ0) is 20.5. The molecule has 1 aromatic carbocycles. The number of fused-ring (bicyclic) bond motifs is 1. The van der Waals surface area contributed by atoms with E-state index in [0.717, 1.165) is 38.2 Å². The second kappa shape index (κ2) is 8.59. The average Bonchev–Trinajstić information content (AvgIpc) is 2.92. The number of anilines is 2. The lowest BCUT2D eigenvalue weighted by molar-refractivity contribution is 0.0948. The van der Waals surface area contributed by atoms with E-state index in [9.17, 15) is 4.79 Å². The van der Waals surface area contributed by atoms with E-state index in [4.69, 9.17) is 17.0 Å². The highest BCUT2D eigenvalue weighted by atomic mass is 127. The smallest absolute Gasteiger partial charge is 0.261 e. The molecule has 0 spiro atoms. The molecule has 150 valence electrons. The number of amides is 1. The number of hydrogen-bond donors (Lipinski definition) is 4.